The fourth-order valence-electron chi connectivity index (χ4n) is 1.03. The highest BCUT2D eigenvalue weighted by atomic mass is 16.6. The lowest BCUT2D eigenvalue weighted by Crippen LogP contribution is -2.22. The van der Waals surface area contributed by atoms with E-state index in [1.807, 2.05) is 12.1 Å². The van der Waals surface area contributed by atoms with Gasteiger partial charge >= 0.3 is 6.09 Å². The van der Waals surface area contributed by atoms with Crippen molar-refractivity contribution < 1.29 is 14.3 Å². The zero-order chi connectivity index (χ0) is 10.4. The molecule has 1 aromatic rings. The first-order valence-corrected chi connectivity index (χ1v) is 4.24. The molecule has 1 rings (SSSR count). The number of methoxy groups -OCH3 is 1. The van der Waals surface area contributed by atoms with Crippen LogP contribution in [0.15, 0.2) is 24.3 Å². The molecule has 76 valence electrons. The van der Waals surface area contributed by atoms with E-state index >= 15 is 0 Å². The van der Waals surface area contributed by atoms with Gasteiger partial charge in [0.25, 0.3) is 0 Å². The van der Waals surface area contributed by atoms with Crippen molar-refractivity contribution in [3.63, 3.8) is 0 Å². The predicted molar refractivity (Wildman–Crippen MR) is 52.2 cm³/mol. The van der Waals surface area contributed by atoms with Crippen LogP contribution in [0.3, 0.4) is 0 Å². The van der Waals surface area contributed by atoms with Crippen molar-refractivity contribution in [3.05, 3.63) is 29.8 Å². The minimum atomic E-state index is -0.478. The highest BCUT2D eigenvalue weighted by Crippen LogP contribution is 2.18. The van der Waals surface area contributed by atoms with Gasteiger partial charge in [0.15, 0.2) is 0 Å². The minimum Gasteiger partial charge on any atom is -0.410 e. The summed E-state index contributed by atoms with van der Waals surface area (Å²) in [4.78, 5) is 11.0. The van der Waals surface area contributed by atoms with Gasteiger partial charge in [0, 0.05) is 19.7 Å². The van der Waals surface area contributed by atoms with Crippen molar-refractivity contribution in [2.24, 2.45) is 0 Å². The fraction of sp³-hybridized carbons (Fsp3) is 0.300. The second kappa shape index (κ2) is 5.24. The van der Waals surface area contributed by atoms with Crippen LogP contribution in [0.2, 0.25) is 0 Å². The average Bonchev–Trinajstić information content (AvgIpc) is 2.21. The third kappa shape index (κ3) is 2.74. The van der Waals surface area contributed by atoms with Crippen LogP contribution in [0, 0.1) is 0 Å². The lowest BCUT2D eigenvalue weighted by Gasteiger charge is -2.08. The average molecular weight is 195 g/mol. The Bertz CT molecular complexity index is 312. The molecule has 0 radical (unpaired) electrons. The van der Waals surface area contributed by atoms with Crippen LogP contribution in [0.5, 0.6) is 5.75 Å². The Labute approximate surface area is 82.8 Å². The van der Waals surface area contributed by atoms with Gasteiger partial charge in [-0.2, -0.15) is 0 Å². The Morgan fingerprint density at radius 2 is 2.14 bits per heavy atom. The normalized spacial score (nSPS) is 9.57. The largest absolute Gasteiger partial charge is 0.412 e. The maximum atomic E-state index is 11.0. The number of hydrogen-bond donors (Lipinski definition) is 1. The van der Waals surface area contributed by atoms with Gasteiger partial charge in [-0.05, 0) is 6.07 Å². The van der Waals surface area contributed by atoms with E-state index in [1.165, 1.54) is 7.05 Å². The van der Waals surface area contributed by atoms with Gasteiger partial charge in [-0.1, -0.05) is 18.2 Å². The van der Waals surface area contributed by atoms with Gasteiger partial charge in [-0.25, -0.2) is 4.79 Å². The Balaban J connectivity index is 2.78. The van der Waals surface area contributed by atoms with Crippen LogP contribution in [-0.4, -0.2) is 20.3 Å². The van der Waals surface area contributed by atoms with Crippen molar-refractivity contribution in [1.29, 1.82) is 0 Å². The lowest BCUT2D eigenvalue weighted by atomic mass is 10.2. The van der Waals surface area contributed by atoms with Gasteiger partial charge in [0.1, 0.15) is 5.75 Å². The third-order valence-electron chi connectivity index (χ3n) is 1.68. The molecule has 0 saturated carbocycles. The van der Waals surface area contributed by atoms with Crippen molar-refractivity contribution in [3.8, 4) is 5.75 Å². The SMILES string of the molecule is CNC(=O)Oc1ccccc1COC. The lowest BCUT2D eigenvalue weighted by molar-refractivity contribution is 0.178. The molecule has 14 heavy (non-hydrogen) atoms. The van der Waals surface area contributed by atoms with Crippen molar-refractivity contribution in [2.75, 3.05) is 14.2 Å². The van der Waals surface area contributed by atoms with Gasteiger partial charge in [0.2, 0.25) is 0 Å². The fourth-order valence-corrected chi connectivity index (χ4v) is 1.03. The molecule has 0 aromatic heterocycles. The molecule has 0 aliphatic rings. The molecule has 0 fully saturated rings. The van der Waals surface area contributed by atoms with Crippen LogP contribution in [-0.2, 0) is 11.3 Å². The summed E-state index contributed by atoms with van der Waals surface area (Å²) in [6.45, 7) is 0.424. The second-order valence-electron chi connectivity index (χ2n) is 2.68. The summed E-state index contributed by atoms with van der Waals surface area (Å²) in [5.41, 5.74) is 0.846. The molecule has 4 nitrogen and oxygen atoms in total. The highest BCUT2D eigenvalue weighted by molar-refractivity contribution is 5.70. The van der Waals surface area contributed by atoms with E-state index in [9.17, 15) is 4.79 Å². The van der Waals surface area contributed by atoms with E-state index in [2.05, 4.69) is 5.32 Å². The molecule has 1 N–H and O–H groups in total. The van der Waals surface area contributed by atoms with E-state index < -0.39 is 6.09 Å². The molecule has 0 unspecified atom stereocenters. The van der Waals surface area contributed by atoms with E-state index in [0.717, 1.165) is 5.56 Å². The number of ether oxygens (including phenoxy) is 2. The molecule has 0 saturated heterocycles. The van der Waals surface area contributed by atoms with Crippen LogP contribution < -0.4 is 10.1 Å². The number of rotatable bonds is 3. The van der Waals surface area contributed by atoms with Crippen molar-refractivity contribution >= 4 is 6.09 Å². The standard InChI is InChI=1S/C10H13NO3/c1-11-10(12)14-9-6-4-3-5-8(9)7-13-2/h3-6H,7H2,1-2H3,(H,11,12). The first-order valence-electron chi connectivity index (χ1n) is 4.24. The zero-order valence-corrected chi connectivity index (χ0v) is 8.24. The molecule has 0 bridgehead atoms. The molecular weight excluding hydrogens is 182 g/mol. The molecule has 0 atom stereocenters. The Hall–Kier alpha value is -1.55. The van der Waals surface area contributed by atoms with Gasteiger partial charge in [-0.3, -0.25) is 0 Å². The highest BCUT2D eigenvalue weighted by Gasteiger charge is 2.06. The Morgan fingerprint density at radius 3 is 2.79 bits per heavy atom. The topological polar surface area (TPSA) is 47.6 Å². The summed E-state index contributed by atoms with van der Waals surface area (Å²) in [5.74, 6) is 0.522. The third-order valence-corrected chi connectivity index (χ3v) is 1.68. The van der Waals surface area contributed by atoms with Crippen LogP contribution in [0.1, 0.15) is 5.56 Å². The molecule has 1 aromatic carbocycles. The maximum absolute atomic E-state index is 11.0. The monoisotopic (exact) mass is 195 g/mol. The Morgan fingerprint density at radius 1 is 1.43 bits per heavy atom. The van der Waals surface area contributed by atoms with Crippen LogP contribution >= 0.6 is 0 Å². The van der Waals surface area contributed by atoms with Crippen LogP contribution in [0.4, 0.5) is 4.79 Å². The zero-order valence-electron chi connectivity index (χ0n) is 8.24. The Kier molecular flexibility index (Phi) is 3.94. The number of para-hydroxylation sites is 1. The molecule has 4 heteroatoms. The van der Waals surface area contributed by atoms with E-state index in [0.29, 0.717) is 12.4 Å². The number of nitrogens with one attached hydrogen (secondary N) is 1. The van der Waals surface area contributed by atoms with E-state index in [-0.39, 0.29) is 0 Å². The summed E-state index contributed by atoms with van der Waals surface area (Å²) >= 11 is 0. The summed E-state index contributed by atoms with van der Waals surface area (Å²) in [6, 6.07) is 7.24. The van der Waals surface area contributed by atoms with Gasteiger partial charge in [0.05, 0.1) is 6.61 Å². The van der Waals surface area contributed by atoms with Crippen molar-refractivity contribution in [2.45, 2.75) is 6.61 Å². The summed E-state index contributed by atoms with van der Waals surface area (Å²) in [7, 11) is 3.11. The van der Waals surface area contributed by atoms with E-state index in [4.69, 9.17) is 9.47 Å². The number of hydrogen-bond acceptors (Lipinski definition) is 3. The maximum Gasteiger partial charge on any atom is 0.412 e. The molecule has 1 amide bonds. The molecule has 0 aliphatic carbocycles. The first kappa shape index (κ1) is 10.5. The first-order chi connectivity index (χ1) is 6.77. The molecular formula is C10H13NO3. The smallest absolute Gasteiger partial charge is 0.410 e. The quantitative estimate of drug-likeness (QED) is 0.796. The summed E-state index contributed by atoms with van der Waals surface area (Å²) in [6.07, 6.45) is -0.478. The number of carbonyl (C=O) groups excluding carboxylic acids is 1. The van der Waals surface area contributed by atoms with Gasteiger partial charge < -0.3 is 14.8 Å². The minimum absolute atomic E-state index is 0.424. The molecule has 0 aliphatic heterocycles. The summed E-state index contributed by atoms with van der Waals surface area (Å²) < 4.78 is 9.99. The second-order valence-corrected chi connectivity index (χ2v) is 2.68. The summed E-state index contributed by atoms with van der Waals surface area (Å²) in [5, 5.41) is 2.38. The number of amides is 1. The molecule has 0 heterocycles. The molecule has 0 spiro atoms. The van der Waals surface area contributed by atoms with Gasteiger partial charge in [-0.15, -0.1) is 0 Å². The van der Waals surface area contributed by atoms with Crippen LogP contribution in [0.25, 0.3) is 0 Å². The predicted octanol–water partition coefficient (Wildman–Crippen LogP) is 1.55. The van der Waals surface area contributed by atoms with E-state index in [1.54, 1.807) is 19.2 Å². The van der Waals surface area contributed by atoms with Crippen molar-refractivity contribution in [1.82, 2.24) is 5.32 Å². The number of carbonyl (C=O) groups is 1. The number of benzene rings is 1.